The van der Waals surface area contributed by atoms with E-state index >= 15 is 0 Å². The lowest BCUT2D eigenvalue weighted by atomic mass is 10.1. The van der Waals surface area contributed by atoms with Crippen LogP contribution < -0.4 is 26.0 Å². The van der Waals surface area contributed by atoms with E-state index in [2.05, 4.69) is 37.1 Å². The minimum absolute atomic E-state index is 0.00548. The van der Waals surface area contributed by atoms with Crippen molar-refractivity contribution in [3.63, 3.8) is 0 Å². The van der Waals surface area contributed by atoms with Gasteiger partial charge in [-0.1, -0.05) is 35.7 Å². The second kappa shape index (κ2) is 38.8. The van der Waals surface area contributed by atoms with Crippen molar-refractivity contribution in [2.45, 2.75) is 75.9 Å². The van der Waals surface area contributed by atoms with Crippen molar-refractivity contribution in [1.82, 2.24) is 60.6 Å². The molecule has 3 atom stereocenters. The number of carboxylic acids is 1. The minimum atomic E-state index is -3.12. The smallest absolute Gasteiger partial charge is 0.317 e. The molecule has 4 heterocycles. The van der Waals surface area contributed by atoms with Gasteiger partial charge in [-0.2, -0.15) is 11.8 Å². The normalized spacial score (nSPS) is 17.7. The number of terminal acetylenes is 1. The van der Waals surface area contributed by atoms with Crippen molar-refractivity contribution >= 4 is 83.0 Å². The highest BCUT2D eigenvalue weighted by atomic mass is 32.2. The minimum Gasteiger partial charge on any atom is -0.494 e. The molecule has 0 radical (unpaired) electrons. The van der Waals surface area contributed by atoms with E-state index in [1.165, 1.54) is 24.0 Å². The van der Waals surface area contributed by atoms with Crippen molar-refractivity contribution in [2.24, 2.45) is 0 Å². The van der Waals surface area contributed by atoms with Crippen molar-refractivity contribution in [3.05, 3.63) is 71.4 Å². The predicted molar refractivity (Wildman–Crippen MR) is 338 cm³/mol. The number of pyridine rings is 1. The number of aliphatic carboxylic acids is 1. The van der Waals surface area contributed by atoms with E-state index in [1.807, 2.05) is 41.0 Å². The maximum absolute atomic E-state index is 14.5. The van der Waals surface area contributed by atoms with Crippen LogP contribution in [0, 0.1) is 19.3 Å². The highest BCUT2D eigenvalue weighted by Gasteiger charge is 2.46. The van der Waals surface area contributed by atoms with Crippen molar-refractivity contribution < 1.29 is 80.8 Å². The summed E-state index contributed by atoms with van der Waals surface area (Å²) in [6.07, 6.45) is 8.74. The van der Waals surface area contributed by atoms with Gasteiger partial charge < -0.3 is 55.1 Å². The SMILES string of the molecule is C#C[C@H]1CC(F)(F)CN1C(=O)CNC(=O)c1ccnc2ccc(OCCCCN3CCN(C(=O)[C@H](CC(=O)OC)NC(=O)[C@H](CSCCNC(=O)CCCc4ccc(C)cc4)NC(=O)CN4CCN(COC=O)CCN(COC=O)CCN(CC(=O)O)CC4)CC3)cc12. The maximum Gasteiger partial charge on any atom is 0.317 e. The van der Waals surface area contributed by atoms with Crippen LogP contribution >= 0.6 is 11.8 Å². The van der Waals surface area contributed by atoms with Crippen molar-refractivity contribution in [1.29, 1.82) is 0 Å². The number of hydrogen-bond donors (Lipinski definition) is 5. The van der Waals surface area contributed by atoms with Gasteiger partial charge in [0.25, 0.3) is 24.8 Å². The van der Waals surface area contributed by atoms with Gasteiger partial charge in [0.1, 0.15) is 31.3 Å². The number of carbonyl (C=O) groups is 10. The lowest BCUT2D eigenvalue weighted by molar-refractivity contribution is -0.147. The summed E-state index contributed by atoms with van der Waals surface area (Å²) in [6.45, 7) is 5.64. The number of alkyl halides is 2. The number of rotatable bonds is 34. The van der Waals surface area contributed by atoms with E-state index in [4.69, 9.17) is 25.4 Å². The summed E-state index contributed by atoms with van der Waals surface area (Å²) >= 11 is 1.28. The number of esters is 1. The zero-order chi connectivity index (χ0) is 67.1. The zero-order valence-corrected chi connectivity index (χ0v) is 53.6. The van der Waals surface area contributed by atoms with Gasteiger partial charge in [-0.25, -0.2) is 8.78 Å². The Morgan fingerprint density at radius 2 is 1.43 bits per heavy atom. The van der Waals surface area contributed by atoms with Gasteiger partial charge in [0.2, 0.25) is 29.5 Å². The Morgan fingerprint density at radius 3 is 2.06 bits per heavy atom. The van der Waals surface area contributed by atoms with E-state index in [1.54, 1.807) is 32.9 Å². The van der Waals surface area contributed by atoms with Crippen molar-refractivity contribution in [3.8, 4) is 18.1 Å². The van der Waals surface area contributed by atoms with Crippen LogP contribution in [-0.4, -0.2) is 285 Å². The third-order valence-corrected chi connectivity index (χ3v) is 17.0. The number of aryl methyl sites for hydroxylation is 2. The summed E-state index contributed by atoms with van der Waals surface area (Å²) in [5.41, 5.74) is 2.97. The van der Waals surface area contributed by atoms with E-state index in [0.29, 0.717) is 107 Å². The van der Waals surface area contributed by atoms with E-state index in [9.17, 15) is 61.8 Å². The second-order valence-electron chi connectivity index (χ2n) is 22.9. The van der Waals surface area contributed by atoms with E-state index in [0.717, 1.165) is 36.0 Å². The topological polar surface area (TPSA) is 312 Å². The first-order chi connectivity index (χ1) is 44.8. The lowest BCUT2D eigenvalue weighted by Gasteiger charge is -2.36. The first kappa shape index (κ1) is 74.0. The number of nitrogens with zero attached hydrogens (tertiary/aromatic N) is 8. The fraction of sp³-hybridized carbons (Fsp3) is 0.571. The highest BCUT2D eigenvalue weighted by molar-refractivity contribution is 7.99. The standard InChI is InChI=1S/C63H86F2N12O15S/c1-4-48-36-63(64,65)41-77(48)57(82)37-68-60(86)50-16-17-66-52-15-14-49(34-51(50)52)92-32-6-5-19-71-28-30-76(31-29-71)62(88)53(35-59(85)89-3)70-61(87)54(40-93-33-18-67-55(80)9-7-8-47-12-10-46(2)11-13-47)69-56(81)38-72-20-21-73(39-58(83)84)23-25-75(43-91-45-79)27-26-74(24-22-72)42-90-44-78/h1,10-17,34,44-45,48,53-54H,5-9,18-33,35-43H2,2-3H3,(H,67,80)(H,68,86)(H,69,81)(H,70,87)(H,83,84)/t48-,53-,54-/m0/s1. The van der Waals surface area contributed by atoms with Crippen LogP contribution in [0.3, 0.4) is 0 Å². The number of aromatic nitrogens is 1. The number of methoxy groups -OCH3 is 1. The molecule has 3 fully saturated rings. The number of piperazine rings is 1. The fourth-order valence-electron chi connectivity index (χ4n) is 10.8. The summed E-state index contributed by atoms with van der Waals surface area (Å²) < 4.78 is 49.1. The average Bonchev–Trinajstić information content (AvgIpc) is 1.78. The van der Waals surface area contributed by atoms with Gasteiger partial charge in [0.05, 0.1) is 63.4 Å². The summed E-state index contributed by atoms with van der Waals surface area (Å²) in [7, 11) is 1.16. The lowest BCUT2D eigenvalue weighted by Crippen LogP contribution is -2.59. The van der Waals surface area contributed by atoms with Gasteiger partial charge in [0.15, 0.2) is 0 Å². The third-order valence-electron chi connectivity index (χ3n) is 16.0. The molecule has 0 bridgehead atoms. The molecule has 30 heteroatoms. The summed E-state index contributed by atoms with van der Waals surface area (Å²) in [6, 6.07) is 11.0. The molecule has 508 valence electrons. The third kappa shape index (κ3) is 25.7. The number of fused-ring (bicyclic) bond motifs is 1. The monoisotopic (exact) mass is 1320 g/mol. The van der Waals surface area contributed by atoms with Gasteiger partial charge in [-0.15, -0.1) is 6.42 Å². The van der Waals surface area contributed by atoms with Gasteiger partial charge in [0, 0.05) is 121 Å². The van der Waals surface area contributed by atoms with Crippen molar-refractivity contribution in [2.75, 3.05) is 156 Å². The molecule has 0 spiro atoms. The molecule has 0 saturated carbocycles. The first-order valence-corrected chi connectivity index (χ1v) is 32.1. The number of likely N-dealkylation sites (tertiary alicyclic amines) is 1. The Morgan fingerprint density at radius 1 is 0.785 bits per heavy atom. The number of benzene rings is 2. The fourth-order valence-corrected chi connectivity index (χ4v) is 11.6. The number of hydrogen-bond acceptors (Lipinski definition) is 21. The first-order valence-electron chi connectivity index (χ1n) is 31.0. The van der Waals surface area contributed by atoms with Gasteiger partial charge in [-0.05, 0) is 69.0 Å². The molecule has 3 aliphatic heterocycles. The predicted octanol–water partition coefficient (Wildman–Crippen LogP) is 0.418. The molecule has 0 unspecified atom stereocenters. The maximum atomic E-state index is 14.5. The van der Waals surface area contributed by atoms with Crippen LogP contribution in [0.2, 0.25) is 0 Å². The Kier molecular flexibility index (Phi) is 30.9. The zero-order valence-electron chi connectivity index (χ0n) is 52.8. The Labute approximate surface area is 544 Å². The Hall–Kier alpha value is -8.08. The molecule has 3 aliphatic rings. The summed E-state index contributed by atoms with van der Waals surface area (Å²) in [5, 5.41) is 21.2. The van der Waals surface area contributed by atoms with E-state index in [-0.39, 0.29) is 89.6 Å². The molecule has 27 nitrogen and oxygen atoms in total. The average molecular weight is 1320 g/mol. The number of halogens is 2. The summed E-state index contributed by atoms with van der Waals surface area (Å²) in [4.78, 5) is 145. The Balaban J connectivity index is 1.03. The number of unbranched alkanes of at least 4 members (excludes halogenated alkanes) is 1. The molecule has 5 N–H and O–H groups in total. The molecular weight excluding hydrogens is 1230 g/mol. The molecule has 6 rings (SSSR count). The number of nitrogens with one attached hydrogen (secondary N) is 4. The van der Waals surface area contributed by atoms with Crippen LogP contribution in [-0.2, 0) is 63.8 Å². The van der Waals surface area contributed by atoms with Crippen LogP contribution in [0.4, 0.5) is 8.78 Å². The quantitative estimate of drug-likeness (QED) is 0.0178. The number of thioether (sulfide) groups is 1. The number of amides is 6. The number of carbonyl (C=O) groups excluding carboxylic acids is 9. The molecule has 93 heavy (non-hydrogen) atoms. The second-order valence-corrected chi connectivity index (χ2v) is 24.0. The van der Waals surface area contributed by atoms with Crippen LogP contribution in [0.15, 0.2) is 54.7 Å². The molecule has 2 aromatic carbocycles. The molecular formula is C63H86F2N12O15S. The number of ether oxygens (including phenoxy) is 4. The molecule has 1 aromatic heterocycles. The highest BCUT2D eigenvalue weighted by Crippen LogP contribution is 2.32. The largest absolute Gasteiger partial charge is 0.494 e. The summed E-state index contributed by atoms with van der Waals surface area (Å²) in [5.74, 6) is -5.21. The number of carboxylic acid groups (broad SMARTS) is 1. The Bertz CT molecular complexity index is 3030. The molecule has 6 amide bonds. The van der Waals surface area contributed by atoms with Crippen LogP contribution in [0.25, 0.3) is 10.9 Å². The molecule has 0 aliphatic carbocycles. The van der Waals surface area contributed by atoms with Crippen LogP contribution in [0.1, 0.15) is 60.0 Å². The van der Waals surface area contributed by atoms with Crippen LogP contribution in [0.5, 0.6) is 5.75 Å². The van der Waals surface area contributed by atoms with Gasteiger partial charge in [-0.3, -0.25) is 77.4 Å². The van der Waals surface area contributed by atoms with E-state index < -0.39 is 91.5 Å². The molecule has 3 aromatic rings. The van der Waals surface area contributed by atoms with Gasteiger partial charge >= 0.3 is 11.9 Å². The molecule has 3 saturated heterocycles.